The summed E-state index contributed by atoms with van der Waals surface area (Å²) < 4.78 is 1.95. The molecule has 0 saturated carbocycles. The van der Waals surface area contributed by atoms with Crippen LogP contribution in [0.2, 0.25) is 0 Å². The summed E-state index contributed by atoms with van der Waals surface area (Å²) in [7, 11) is 1.99. The van der Waals surface area contributed by atoms with Crippen LogP contribution in [0.25, 0.3) is 11.3 Å². The van der Waals surface area contributed by atoms with Gasteiger partial charge in [-0.15, -0.1) is 0 Å². The largest absolute Gasteiger partial charge is 0.268 e. The van der Waals surface area contributed by atoms with Crippen molar-refractivity contribution < 1.29 is 0 Å². The number of aryl methyl sites for hydroxylation is 1. The first-order valence-corrected chi connectivity index (χ1v) is 5.27. The van der Waals surface area contributed by atoms with E-state index in [0.29, 0.717) is 5.92 Å². The first-order chi connectivity index (χ1) is 7.20. The second-order valence-corrected chi connectivity index (χ2v) is 4.09. The molecule has 0 bridgehead atoms. The molecule has 1 heterocycles. The number of nitrogens with zero attached hydrogens (tertiary/aromatic N) is 2. The molecule has 1 aromatic heterocycles. The molecule has 15 heavy (non-hydrogen) atoms. The van der Waals surface area contributed by atoms with Gasteiger partial charge in [-0.2, -0.15) is 5.10 Å². The highest BCUT2D eigenvalue weighted by Crippen LogP contribution is 2.28. The van der Waals surface area contributed by atoms with Gasteiger partial charge in [-0.1, -0.05) is 44.2 Å². The Kier molecular flexibility index (Phi) is 2.58. The van der Waals surface area contributed by atoms with Gasteiger partial charge in [-0.25, -0.2) is 0 Å². The van der Waals surface area contributed by atoms with Gasteiger partial charge in [0.2, 0.25) is 0 Å². The summed E-state index contributed by atoms with van der Waals surface area (Å²) in [4.78, 5) is 0. The molecule has 1 aromatic carbocycles. The Bertz CT molecular complexity index is 441. The van der Waals surface area contributed by atoms with Crippen LogP contribution in [0.5, 0.6) is 0 Å². The maximum absolute atomic E-state index is 4.33. The van der Waals surface area contributed by atoms with E-state index in [1.807, 2.05) is 24.0 Å². The standard InChI is InChI=1S/C13H16N2/c1-10(2)12-9-14-15(3)13(12)11-7-5-4-6-8-11/h4-10H,1-3H3. The first kappa shape index (κ1) is 9.97. The van der Waals surface area contributed by atoms with Gasteiger partial charge < -0.3 is 0 Å². The summed E-state index contributed by atoms with van der Waals surface area (Å²) in [6.45, 7) is 4.40. The molecule has 0 unspecified atom stereocenters. The Balaban J connectivity index is 2.57. The Morgan fingerprint density at radius 1 is 1.13 bits per heavy atom. The molecule has 2 nitrogen and oxygen atoms in total. The Morgan fingerprint density at radius 2 is 1.80 bits per heavy atom. The van der Waals surface area contributed by atoms with Gasteiger partial charge in [0.25, 0.3) is 0 Å². The summed E-state index contributed by atoms with van der Waals surface area (Å²) in [5.41, 5.74) is 3.77. The predicted molar refractivity (Wildman–Crippen MR) is 62.7 cm³/mol. The van der Waals surface area contributed by atoms with Crippen LogP contribution in [0, 0.1) is 0 Å². The minimum Gasteiger partial charge on any atom is -0.268 e. The van der Waals surface area contributed by atoms with Crippen LogP contribution in [-0.2, 0) is 7.05 Å². The highest BCUT2D eigenvalue weighted by atomic mass is 15.3. The van der Waals surface area contributed by atoms with E-state index in [1.54, 1.807) is 0 Å². The zero-order valence-electron chi connectivity index (χ0n) is 9.44. The lowest BCUT2D eigenvalue weighted by Crippen LogP contribution is -1.96. The molecule has 0 aliphatic carbocycles. The topological polar surface area (TPSA) is 17.8 Å². The van der Waals surface area contributed by atoms with E-state index in [2.05, 4.69) is 43.2 Å². The fraction of sp³-hybridized carbons (Fsp3) is 0.308. The minimum absolute atomic E-state index is 0.508. The molecule has 0 saturated heterocycles. The lowest BCUT2D eigenvalue weighted by Gasteiger charge is -2.08. The lowest BCUT2D eigenvalue weighted by atomic mass is 10.00. The van der Waals surface area contributed by atoms with Crippen LogP contribution < -0.4 is 0 Å². The summed E-state index contributed by atoms with van der Waals surface area (Å²) in [6, 6.07) is 10.4. The van der Waals surface area contributed by atoms with Crippen LogP contribution in [-0.4, -0.2) is 9.78 Å². The van der Waals surface area contributed by atoms with Crippen LogP contribution in [0.1, 0.15) is 25.3 Å². The highest BCUT2D eigenvalue weighted by molar-refractivity contribution is 5.63. The normalized spacial score (nSPS) is 10.9. The second-order valence-electron chi connectivity index (χ2n) is 4.09. The lowest BCUT2D eigenvalue weighted by molar-refractivity contribution is 0.774. The molecule has 78 valence electrons. The van der Waals surface area contributed by atoms with Crippen molar-refractivity contribution in [2.24, 2.45) is 7.05 Å². The van der Waals surface area contributed by atoms with Crippen molar-refractivity contribution in [3.8, 4) is 11.3 Å². The summed E-state index contributed by atoms with van der Waals surface area (Å²) >= 11 is 0. The zero-order chi connectivity index (χ0) is 10.8. The Labute approximate surface area is 90.6 Å². The van der Waals surface area contributed by atoms with Crippen molar-refractivity contribution in [1.29, 1.82) is 0 Å². The minimum atomic E-state index is 0.508. The third-order valence-corrected chi connectivity index (χ3v) is 2.64. The van der Waals surface area contributed by atoms with Gasteiger partial charge in [-0.3, -0.25) is 4.68 Å². The zero-order valence-corrected chi connectivity index (χ0v) is 9.44. The molecule has 0 N–H and O–H groups in total. The summed E-state index contributed by atoms with van der Waals surface area (Å²) in [6.07, 6.45) is 1.97. The van der Waals surface area contributed by atoms with E-state index in [9.17, 15) is 0 Å². The summed E-state index contributed by atoms with van der Waals surface area (Å²) in [5.74, 6) is 0.508. The molecule has 2 heteroatoms. The Morgan fingerprint density at radius 3 is 2.40 bits per heavy atom. The Hall–Kier alpha value is -1.57. The van der Waals surface area contributed by atoms with E-state index in [4.69, 9.17) is 0 Å². The molecule has 0 amide bonds. The van der Waals surface area contributed by atoms with Crippen molar-refractivity contribution in [2.45, 2.75) is 19.8 Å². The fourth-order valence-electron chi connectivity index (χ4n) is 1.83. The average molecular weight is 200 g/mol. The molecule has 0 spiro atoms. The maximum Gasteiger partial charge on any atom is 0.0713 e. The number of rotatable bonds is 2. The third kappa shape index (κ3) is 1.80. The van der Waals surface area contributed by atoms with Gasteiger partial charge in [-0.05, 0) is 5.92 Å². The van der Waals surface area contributed by atoms with E-state index in [1.165, 1.54) is 16.8 Å². The van der Waals surface area contributed by atoms with Gasteiger partial charge >= 0.3 is 0 Å². The summed E-state index contributed by atoms with van der Waals surface area (Å²) in [5, 5.41) is 4.33. The second kappa shape index (κ2) is 3.89. The van der Waals surface area contributed by atoms with Crippen molar-refractivity contribution in [2.75, 3.05) is 0 Å². The van der Waals surface area contributed by atoms with E-state index in [-0.39, 0.29) is 0 Å². The molecule has 0 atom stereocenters. The average Bonchev–Trinajstić information content (AvgIpc) is 2.61. The first-order valence-electron chi connectivity index (χ1n) is 5.27. The molecule has 2 aromatic rings. The van der Waals surface area contributed by atoms with Crippen LogP contribution in [0.4, 0.5) is 0 Å². The number of hydrogen-bond donors (Lipinski definition) is 0. The highest BCUT2D eigenvalue weighted by Gasteiger charge is 2.12. The fourth-order valence-corrected chi connectivity index (χ4v) is 1.83. The van der Waals surface area contributed by atoms with E-state index in [0.717, 1.165) is 0 Å². The molecular weight excluding hydrogens is 184 g/mol. The third-order valence-electron chi connectivity index (χ3n) is 2.64. The van der Waals surface area contributed by atoms with Crippen LogP contribution in [0.15, 0.2) is 36.5 Å². The van der Waals surface area contributed by atoms with Crippen molar-refractivity contribution in [3.63, 3.8) is 0 Å². The molecule has 0 fully saturated rings. The van der Waals surface area contributed by atoms with Crippen LogP contribution >= 0.6 is 0 Å². The van der Waals surface area contributed by atoms with Crippen molar-refractivity contribution in [1.82, 2.24) is 9.78 Å². The van der Waals surface area contributed by atoms with Gasteiger partial charge in [0.05, 0.1) is 11.9 Å². The van der Waals surface area contributed by atoms with Crippen molar-refractivity contribution >= 4 is 0 Å². The monoisotopic (exact) mass is 200 g/mol. The van der Waals surface area contributed by atoms with E-state index >= 15 is 0 Å². The van der Waals surface area contributed by atoms with Gasteiger partial charge in [0, 0.05) is 18.2 Å². The SMILES string of the molecule is CC(C)c1cnn(C)c1-c1ccccc1. The smallest absolute Gasteiger partial charge is 0.0713 e. The molecule has 2 rings (SSSR count). The van der Waals surface area contributed by atoms with E-state index < -0.39 is 0 Å². The molecule has 0 aliphatic rings. The van der Waals surface area contributed by atoms with Gasteiger partial charge in [0.1, 0.15) is 0 Å². The maximum atomic E-state index is 4.33. The van der Waals surface area contributed by atoms with Crippen molar-refractivity contribution in [3.05, 3.63) is 42.1 Å². The molecular formula is C13H16N2. The molecule has 0 aliphatic heterocycles. The molecule has 0 radical (unpaired) electrons. The quantitative estimate of drug-likeness (QED) is 0.727. The van der Waals surface area contributed by atoms with Gasteiger partial charge in [0.15, 0.2) is 0 Å². The van der Waals surface area contributed by atoms with Crippen LogP contribution in [0.3, 0.4) is 0 Å². The number of aromatic nitrogens is 2. The number of benzene rings is 1. The predicted octanol–water partition coefficient (Wildman–Crippen LogP) is 3.21. The number of hydrogen-bond acceptors (Lipinski definition) is 1.